The largest absolute Gasteiger partial charge is 0.490 e. The fourth-order valence-electron chi connectivity index (χ4n) is 3.32. The van der Waals surface area contributed by atoms with Crippen LogP contribution in [-0.4, -0.2) is 31.9 Å². The van der Waals surface area contributed by atoms with Gasteiger partial charge in [-0.15, -0.1) is 0 Å². The van der Waals surface area contributed by atoms with Gasteiger partial charge < -0.3 is 18.9 Å². The lowest BCUT2D eigenvalue weighted by Gasteiger charge is -2.14. The lowest BCUT2D eigenvalue weighted by molar-refractivity contribution is 0.0954. The van der Waals surface area contributed by atoms with Crippen molar-refractivity contribution in [1.82, 2.24) is 5.43 Å². The number of halogens is 1. The van der Waals surface area contributed by atoms with Crippen LogP contribution >= 0.6 is 11.6 Å². The summed E-state index contributed by atoms with van der Waals surface area (Å²) in [5.41, 5.74) is 5.73. The summed E-state index contributed by atoms with van der Waals surface area (Å²) >= 11 is 6.51. The Morgan fingerprint density at radius 3 is 2.38 bits per heavy atom. The summed E-state index contributed by atoms with van der Waals surface area (Å²) in [6.45, 7) is 11.0. The van der Waals surface area contributed by atoms with Crippen LogP contribution in [0.15, 0.2) is 72.4 Å². The van der Waals surface area contributed by atoms with E-state index in [1.54, 1.807) is 36.4 Å². The number of rotatable bonds is 13. The first kappa shape index (κ1) is 27.6. The summed E-state index contributed by atoms with van der Waals surface area (Å²) in [5, 5.41) is 4.45. The molecule has 1 amide bonds. The normalized spacial score (nSPS) is 10.7. The van der Waals surface area contributed by atoms with Gasteiger partial charge in [-0.2, -0.15) is 5.10 Å². The monoisotopic (exact) mass is 522 g/mol. The molecule has 0 bridgehead atoms. The Labute approximate surface area is 222 Å². The van der Waals surface area contributed by atoms with Gasteiger partial charge in [-0.25, -0.2) is 5.43 Å². The van der Waals surface area contributed by atoms with E-state index >= 15 is 0 Å². The van der Waals surface area contributed by atoms with Gasteiger partial charge in [0, 0.05) is 5.56 Å². The van der Waals surface area contributed by atoms with Crippen LogP contribution in [0.4, 0.5) is 0 Å². The predicted molar refractivity (Wildman–Crippen MR) is 146 cm³/mol. The number of carbonyl (C=O) groups is 1. The fourth-order valence-corrected chi connectivity index (χ4v) is 3.59. The quantitative estimate of drug-likeness (QED) is 0.161. The van der Waals surface area contributed by atoms with Gasteiger partial charge in [0.2, 0.25) is 0 Å². The number of ether oxygens (including phenoxy) is 4. The Bertz CT molecular complexity index is 1240. The number of benzene rings is 3. The molecule has 0 saturated heterocycles. The molecule has 0 aromatic heterocycles. The molecule has 1 N–H and O–H groups in total. The van der Waals surface area contributed by atoms with Crippen molar-refractivity contribution >= 4 is 23.7 Å². The van der Waals surface area contributed by atoms with E-state index in [2.05, 4.69) is 17.1 Å². The zero-order valence-corrected chi connectivity index (χ0v) is 22.0. The molecule has 0 radical (unpaired) electrons. The van der Waals surface area contributed by atoms with Crippen molar-refractivity contribution in [3.8, 4) is 23.0 Å². The Morgan fingerprint density at radius 2 is 1.68 bits per heavy atom. The minimum absolute atomic E-state index is 0.331. The molecule has 194 valence electrons. The molecule has 3 aromatic carbocycles. The van der Waals surface area contributed by atoms with Gasteiger partial charge in [0.05, 0.1) is 24.5 Å². The third-order valence-corrected chi connectivity index (χ3v) is 5.36. The van der Waals surface area contributed by atoms with Crippen LogP contribution < -0.4 is 24.4 Å². The first-order valence-electron chi connectivity index (χ1n) is 11.9. The summed E-state index contributed by atoms with van der Waals surface area (Å²) in [7, 11) is 0. The van der Waals surface area contributed by atoms with Crippen LogP contribution in [0.5, 0.6) is 23.0 Å². The molecule has 0 aliphatic heterocycles. The molecular weight excluding hydrogens is 492 g/mol. The number of hydrogen-bond acceptors (Lipinski definition) is 6. The van der Waals surface area contributed by atoms with Gasteiger partial charge in [-0.05, 0) is 62.2 Å². The smallest absolute Gasteiger partial charge is 0.271 e. The van der Waals surface area contributed by atoms with E-state index < -0.39 is 5.91 Å². The molecule has 8 heteroatoms. The summed E-state index contributed by atoms with van der Waals surface area (Å²) in [4.78, 5) is 12.6. The van der Waals surface area contributed by atoms with Crippen molar-refractivity contribution in [2.24, 2.45) is 5.10 Å². The highest BCUT2D eigenvalue weighted by Crippen LogP contribution is 2.37. The molecule has 0 aliphatic rings. The molecule has 0 atom stereocenters. The average Bonchev–Trinajstić information content (AvgIpc) is 2.88. The summed E-state index contributed by atoms with van der Waals surface area (Å²) in [5.74, 6) is 1.54. The lowest BCUT2D eigenvalue weighted by atomic mass is 10.1. The number of amides is 1. The maximum absolute atomic E-state index is 12.6. The first-order chi connectivity index (χ1) is 17.9. The van der Waals surface area contributed by atoms with Crippen LogP contribution in [0.2, 0.25) is 5.02 Å². The second kappa shape index (κ2) is 13.9. The van der Waals surface area contributed by atoms with Crippen LogP contribution in [0.3, 0.4) is 0 Å². The van der Waals surface area contributed by atoms with E-state index in [0.29, 0.717) is 65.6 Å². The van der Waals surface area contributed by atoms with Crippen molar-refractivity contribution in [3.05, 3.63) is 94.5 Å². The van der Waals surface area contributed by atoms with Crippen LogP contribution in [0.25, 0.3) is 0 Å². The van der Waals surface area contributed by atoms with Gasteiger partial charge in [0.15, 0.2) is 23.0 Å². The number of hydrazone groups is 1. The molecule has 7 nitrogen and oxygen atoms in total. The van der Waals surface area contributed by atoms with Gasteiger partial charge in [0.25, 0.3) is 5.91 Å². The van der Waals surface area contributed by atoms with E-state index in [9.17, 15) is 4.79 Å². The molecule has 3 rings (SSSR count). The predicted octanol–water partition coefficient (Wildman–Crippen LogP) is 6.35. The Kier molecular flexibility index (Phi) is 10.4. The van der Waals surface area contributed by atoms with Crippen LogP contribution in [0.1, 0.15) is 40.9 Å². The van der Waals surface area contributed by atoms with E-state index in [1.807, 2.05) is 45.0 Å². The number of carbonyl (C=O) groups excluding carboxylic acids is 1. The molecule has 3 aromatic rings. The number of nitrogens with one attached hydrogen (secondary N) is 1. The molecule has 0 unspecified atom stereocenters. The van der Waals surface area contributed by atoms with E-state index in [-0.39, 0.29) is 0 Å². The molecule has 37 heavy (non-hydrogen) atoms. The number of nitrogens with zero attached hydrogens (tertiary/aromatic N) is 1. The molecular formula is C29H31ClN2O5. The molecule has 0 aliphatic carbocycles. The highest BCUT2D eigenvalue weighted by atomic mass is 35.5. The third-order valence-electron chi connectivity index (χ3n) is 5.08. The maximum atomic E-state index is 12.6. The second-order valence-electron chi connectivity index (χ2n) is 7.93. The summed E-state index contributed by atoms with van der Waals surface area (Å²) < 4.78 is 22.9. The lowest BCUT2D eigenvalue weighted by Crippen LogP contribution is -2.17. The molecule has 0 saturated carbocycles. The van der Waals surface area contributed by atoms with Crippen molar-refractivity contribution in [1.29, 1.82) is 0 Å². The number of aryl methyl sites for hydroxylation is 1. The molecule has 0 heterocycles. The van der Waals surface area contributed by atoms with Crippen molar-refractivity contribution in [2.75, 3.05) is 19.8 Å². The average molecular weight is 523 g/mol. The Hall–Kier alpha value is -3.97. The molecule has 0 fully saturated rings. The van der Waals surface area contributed by atoms with Crippen molar-refractivity contribution in [3.63, 3.8) is 0 Å². The maximum Gasteiger partial charge on any atom is 0.271 e. The Morgan fingerprint density at radius 1 is 0.946 bits per heavy atom. The van der Waals surface area contributed by atoms with E-state index in [4.69, 9.17) is 30.5 Å². The first-order valence-corrected chi connectivity index (χ1v) is 12.3. The zero-order chi connectivity index (χ0) is 26.6. The highest BCUT2D eigenvalue weighted by molar-refractivity contribution is 6.32. The fraction of sp³-hybridized carbons (Fsp3) is 0.241. The van der Waals surface area contributed by atoms with Gasteiger partial charge in [-0.1, -0.05) is 54.1 Å². The van der Waals surface area contributed by atoms with Crippen molar-refractivity contribution < 1.29 is 23.7 Å². The Balaban J connectivity index is 1.70. The van der Waals surface area contributed by atoms with Crippen molar-refractivity contribution in [2.45, 2.75) is 27.4 Å². The minimum atomic E-state index is -0.401. The second-order valence-corrected chi connectivity index (χ2v) is 8.34. The van der Waals surface area contributed by atoms with Gasteiger partial charge in [-0.3, -0.25) is 4.79 Å². The van der Waals surface area contributed by atoms with E-state index in [0.717, 1.165) is 5.56 Å². The summed E-state index contributed by atoms with van der Waals surface area (Å²) in [6.07, 6.45) is 3.12. The standard InChI is InChI=1S/C29H31ClN2O5/c1-5-14-36-25-13-12-23(17-26(25)34-6-2)29(33)32-31-18-22-15-24(30)28(27(16-22)35-7-3)37-19-21-10-8-20(4)9-11-21/h5,8-13,15-18H,1,6-7,14,19H2,2-4H3,(H,32,33)/b31-18+. The highest BCUT2D eigenvalue weighted by Gasteiger charge is 2.14. The van der Waals surface area contributed by atoms with Crippen LogP contribution in [-0.2, 0) is 6.61 Å². The molecule has 0 spiro atoms. The van der Waals surface area contributed by atoms with Gasteiger partial charge >= 0.3 is 0 Å². The topological polar surface area (TPSA) is 78.4 Å². The zero-order valence-electron chi connectivity index (χ0n) is 21.3. The minimum Gasteiger partial charge on any atom is -0.490 e. The van der Waals surface area contributed by atoms with Crippen LogP contribution in [0, 0.1) is 6.92 Å². The van der Waals surface area contributed by atoms with Gasteiger partial charge in [0.1, 0.15) is 13.2 Å². The third kappa shape index (κ3) is 8.02. The summed E-state index contributed by atoms with van der Waals surface area (Å²) in [6, 6.07) is 16.4. The SMILES string of the molecule is C=CCOc1ccc(C(=O)N/N=C/c2cc(Cl)c(OCc3ccc(C)cc3)c(OCC)c2)cc1OCC. The van der Waals surface area contributed by atoms with E-state index in [1.165, 1.54) is 11.8 Å². The number of hydrogen-bond donors (Lipinski definition) is 1.